The molecule has 88 valence electrons. The fraction of sp³-hybridized carbons (Fsp3) is 0.167. The van der Waals surface area contributed by atoms with E-state index in [1.54, 1.807) is 18.2 Å². The highest BCUT2D eigenvalue weighted by Gasteiger charge is 2.19. The third-order valence-electron chi connectivity index (χ3n) is 2.34. The lowest BCUT2D eigenvalue weighted by molar-refractivity contribution is -0.134. The van der Waals surface area contributed by atoms with Crippen LogP contribution >= 0.6 is 0 Å². The largest absolute Gasteiger partial charge is 0.478 e. The minimum Gasteiger partial charge on any atom is -0.478 e. The Morgan fingerprint density at radius 3 is 2.76 bits per heavy atom. The zero-order valence-electron chi connectivity index (χ0n) is 9.10. The third-order valence-corrected chi connectivity index (χ3v) is 2.34. The summed E-state index contributed by atoms with van der Waals surface area (Å²) in [5.74, 6) is -0.748. The van der Waals surface area contributed by atoms with Gasteiger partial charge in [-0.1, -0.05) is 12.1 Å². The third kappa shape index (κ3) is 2.13. The highest BCUT2D eigenvalue weighted by Crippen LogP contribution is 2.36. The van der Waals surface area contributed by atoms with E-state index < -0.39 is 11.8 Å². The molecule has 17 heavy (non-hydrogen) atoms. The van der Waals surface area contributed by atoms with Gasteiger partial charge in [0.2, 0.25) is 6.79 Å². The molecule has 1 N–H and O–H groups in total. The molecular formula is C12H10O5. The molecule has 0 saturated carbocycles. The minimum absolute atomic E-state index is 0.0999. The van der Waals surface area contributed by atoms with E-state index in [1.165, 1.54) is 13.0 Å². The van der Waals surface area contributed by atoms with E-state index in [0.29, 0.717) is 17.1 Å². The zero-order chi connectivity index (χ0) is 12.4. The smallest absolute Gasteiger partial charge is 0.339 e. The van der Waals surface area contributed by atoms with Crippen LogP contribution in [0.25, 0.3) is 6.08 Å². The molecule has 5 nitrogen and oxygen atoms in total. The first-order chi connectivity index (χ1) is 8.09. The first-order valence-electron chi connectivity index (χ1n) is 4.94. The van der Waals surface area contributed by atoms with Gasteiger partial charge < -0.3 is 14.6 Å². The minimum atomic E-state index is -1.26. The van der Waals surface area contributed by atoms with Crippen molar-refractivity contribution in [3.63, 3.8) is 0 Å². The van der Waals surface area contributed by atoms with Crippen molar-refractivity contribution in [3.05, 3.63) is 29.3 Å². The predicted molar refractivity (Wildman–Crippen MR) is 58.9 cm³/mol. The van der Waals surface area contributed by atoms with Crippen molar-refractivity contribution in [1.82, 2.24) is 0 Å². The van der Waals surface area contributed by atoms with Gasteiger partial charge >= 0.3 is 5.97 Å². The van der Waals surface area contributed by atoms with Crippen LogP contribution in [0.1, 0.15) is 12.5 Å². The Labute approximate surface area is 97.3 Å². The normalized spacial score (nSPS) is 13.6. The Morgan fingerprint density at radius 1 is 1.35 bits per heavy atom. The number of benzene rings is 1. The molecule has 1 heterocycles. The first kappa shape index (κ1) is 11.2. The molecule has 0 aromatic heterocycles. The van der Waals surface area contributed by atoms with Gasteiger partial charge in [-0.05, 0) is 19.1 Å². The summed E-state index contributed by atoms with van der Waals surface area (Å²) in [4.78, 5) is 22.1. The van der Waals surface area contributed by atoms with Gasteiger partial charge in [0.25, 0.3) is 0 Å². The number of ketones is 1. The molecule has 0 radical (unpaired) electrons. The number of Topliss-reactive ketones (excluding diaryl/α,β-unsaturated/α-hetero) is 1. The van der Waals surface area contributed by atoms with E-state index in [-0.39, 0.29) is 12.4 Å². The molecule has 1 aromatic rings. The maximum atomic E-state index is 11.2. The van der Waals surface area contributed by atoms with E-state index >= 15 is 0 Å². The summed E-state index contributed by atoms with van der Waals surface area (Å²) in [5, 5.41) is 8.89. The standard InChI is InChI=1S/C12H10O5/c1-7(13)9(12(14)15)5-8-3-2-4-10-11(8)17-6-16-10/h2-5H,6H2,1H3,(H,14,15)/b9-5-. The second kappa shape index (κ2) is 4.29. The number of carbonyl (C=O) groups excluding carboxylic acids is 1. The SMILES string of the molecule is CC(=O)/C(=C/c1cccc2c1OCO2)C(=O)O. The number of aliphatic carboxylic acids is 1. The van der Waals surface area contributed by atoms with Gasteiger partial charge in [0.1, 0.15) is 5.57 Å². The fourth-order valence-corrected chi connectivity index (χ4v) is 1.54. The number of carboxylic acid groups (broad SMARTS) is 1. The summed E-state index contributed by atoms with van der Waals surface area (Å²) in [6.45, 7) is 1.31. The van der Waals surface area contributed by atoms with Crippen LogP contribution in [0.2, 0.25) is 0 Å². The first-order valence-corrected chi connectivity index (χ1v) is 4.94. The molecule has 5 heteroatoms. The average molecular weight is 234 g/mol. The lowest BCUT2D eigenvalue weighted by atomic mass is 10.1. The van der Waals surface area contributed by atoms with Crippen molar-refractivity contribution in [3.8, 4) is 11.5 Å². The van der Waals surface area contributed by atoms with Crippen molar-refractivity contribution in [2.45, 2.75) is 6.92 Å². The number of rotatable bonds is 3. The molecule has 1 aliphatic rings. The van der Waals surface area contributed by atoms with E-state index in [1.807, 2.05) is 0 Å². The summed E-state index contributed by atoms with van der Waals surface area (Å²) in [6.07, 6.45) is 1.29. The van der Waals surface area contributed by atoms with Crippen molar-refractivity contribution < 1.29 is 24.2 Å². The fourth-order valence-electron chi connectivity index (χ4n) is 1.54. The molecule has 0 saturated heterocycles. The van der Waals surface area contributed by atoms with Crippen LogP contribution in [0.5, 0.6) is 11.5 Å². The number of hydrogen-bond donors (Lipinski definition) is 1. The van der Waals surface area contributed by atoms with Crippen LogP contribution in [0.3, 0.4) is 0 Å². The van der Waals surface area contributed by atoms with Crippen LogP contribution in [0.4, 0.5) is 0 Å². The highest BCUT2D eigenvalue weighted by molar-refractivity contribution is 6.19. The van der Waals surface area contributed by atoms with Crippen LogP contribution < -0.4 is 9.47 Å². The molecule has 2 rings (SSSR count). The van der Waals surface area contributed by atoms with E-state index in [2.05, 4.69) is 0 Å². The van der Waals surface area contributed by atoms with Gasteiger partial charge in [-0.2, -0.15) is 0 Å². The summed E-state index contributed by atoms with van der Waals surface area (Å²) in [7, 11) is 0. The number of hydrogen-bond acceptors (Lipinski definition) is 4. The zero-order valence-corrected chi connectivity index (χ0v) is 9.10. The Bertz CT molecular complexity index is 500. The molecule has 0 atom stereocenters. The Balaban J connectivity index is 2.48. The van der Waals surface area contributed by atoms with Crippen LogP contribution in [0.15, 0.2) is 23.8 Å². The van der Waals surface area contributed by atoms with Crippen LogP contribution in [-0.2, 0) is 9.59 Å². The Hall–Kier alpha value is -2.30. The van der Waals surface area contributed by atoms with Crippen molar-refractivity contribution in [2.75, 3.05) is 6.79 Å². The predicted octanol–water partition coefficient (Wildman–Crippen LogP) is 1.47. The van der Waals surface area contributed by atoms with E-state index in [9.17, 15) is 9.59 Å². The molecule has 0 spiro atoms. The molecule has 1 aromatic carbocycles. The lowest BCUT2D eigenvalue weighted by Gasteiger charge is -2.02. The van der Waals surface area contributed by atoms with Gasteiger partial charge in [0, 0.05) is 5.56 Å². The molecule has 0 fully saturated rings. The summed E-state index contributed by atoms with van der Waals surface area (Å²) >= 11 is 0. The topological polar surface area (TPSA) is 72.8 Å². The maximum absolute atomic E-state index is 11.2. The van der Waals surface area contributed by atoms with E-state index in [4.69, 9.17) is 14.6 Å². The second-order valence-corrected chi connectivity index (χ2v) is 3.50. The molecule has 0 amide bonds. The molecule has 0 bridgehead atoms. The van der Waals surface area contributed by atoms with Crippen molar-refractivity contribution >= 4 is 17.8 Å². The molecule has 0 aliphatic carbocycles. The lowest BCUT2D eigenvalue weighted by Crippen LogP contribution is -2.08. The van der Waals surface area contributed by atoms with Gasteiger partial charge in [-0.15, -0.1) is 0 Å². The number of fused-ring (bicyclic) bond motifs is 1. The van der Waals surface area contributed by atoms with Gasteiger partial charge in [0.05, 0.1) is 0 Å². The van der Waals surface area contributed by atoms with Gasteiger partial charge in [-0.25, -0.2) is 4.79 Å². The number of carbonyl (C=O) groups is 2. The maximum Gasteiger partial charge on any atom is 0.339 e. The number of carboxylic acids is 1. The average Bonchev–Trinajstić information content (AvgIpc) is 2.73. The Morgan fingerprint density at radius 2 is 2.12 bits per heavy atom. The quantitative estimate of drug-likeness (QED) is 0.487. The monoisotopic (exact) mass is 234 g/mol. The highest BCUT2D eigenvalue weighted by atomic mass is 16.7. The molecule has 1 aliphatic heterocycles. The van der Waals surface area contributed by atoms with Crippen LogP contribution in [-0.4, -0.2) is 23.7 Å². The van der Waals surface area contributed by atoms with Gasteiger partial charge in [-0.3, -0.25) is 4.79 Å². The van der Waals surface area contributed by atoms with Crippen molar-refractivity contribution in [2.24, 2.45) is 0 Å². The number of para-hydroxylation sites is 1. The molecule has 0 unspecified atom stereocenters. The Kier molecular flexibility index (Phi) is 2.82. The van der Waals surface area contributed by atoms with Crippen molar-refractivity contribution in [1.29, 1.82) is 0 Å². The van der Waals surface area contributed by atoms with E-state index in [0.717, 1.165) is 0 Å². The summed E-state index contributed by atoms with van der Waals surface area (Å²) in [6, 6.07) is 5.09. The second-order valence-electron chi connectivity index (χ2n) is 3.50. The van der Waals surface area contributed by atoms with Crippen LogP contribution in [0, 0.1) is 0 Å². The van der Waals surface area contributed by atoms with Gasteiger partial charge in [0.15, 0.2) is 17.3 Å². The number of ether oxygens (including phenoxy) is 2. The summed E-state index contributed by atoms with van der Waals surface area (Å²) in [5.41, 5.74) is 0.238. The summed E-state index contributed by atoms with van der Waals surface area (Å²) < 4.78 is 10.4. The molecular weight excluding hydrogens is 224 g/mol.